The summed E-state index contributed by atoms with van der Waals surface area (Å²) in [5.74, 6) is -2.20. The summed E-state index contributed by atoms with van der Waals surface area (Å²) >= 11 is 7.74. The number of hydrogen-bond acceptors (Lipinski definition) is 9. The van der Waals surface area contributed by atoms with Crippen LogP contribution in [0, 0.1) is 11.7 Å². The molecular weight excluding hydrogens is 571 g/mol. The quantitative estimate of drug-likeness (QED) is 0.434. The van der Waals surface area contributed by atoms with E-state index >= 15 is 0 Å². The van der Waals surface area contributed by atoms with Crippen LogP contribution in [-0.4, -0.2) is 66.5 Å². The number of hydrogen-bond donors (Lipinski definition) is 2. The average molecular weight is 601 g/mol. The van der Waals surface area contributed by atoms with Gasteiger partial charge in [0.15, 0.2) is 10.8 Å². The lowest BCUT2D eigenvalue weighted by Crippen LogP contribution is -2.45. The molecular formula is C25H30ClFN4O6S2. The number of sulfonamides is 1. The van der Waals surface area contributed by atoms with E-state index < -0.39 is 46.4 Å². The number of methoxy groups -OCH3 is 1. The van der Waals surface area contributed by atoms with Crippen LogP contribution in [0.2, 0.25) is 5.02 Å². The van der Waals surface area contributed by atoms with Crippen molar-refractivity contribution >= 4 is 50.7 Å². The van der Waals surface area contributed by atoms with Gasteiger partial charge < -0.3 is 15.2 Å². The highest BCUT2D eigenvalue weighted by molar-refractivity contribution is 7.88. The molecule has 1 aromatic heterocycles. The van der Waals surface area contributed by atoms with Gasteiger partial charge in [-0.15, -0.1) is 11.3 Å². The van der Waals surface area contributed by atoms with E-state index in [9.17, 15) is 27.5 Å². The molecule has 0 bridgehead atoms. The first-order valence-electron chi connectivity index (χ1n) is 11.7. The molecule has 10 nitrogen and oxygen atoms in total. The number of carbonyl (C=O) groups excluding carboxylic acids is 1. The topological polar surface area (TPSA) is 138 Å². The lowest BCUT2D eigenvalue weighted by atomic mass is 9.80. The van der Waals surface area contributed by atoms with E-state index in [0.29, 0.717) is 47.8 Å². The second kappa shape index (κ2) is 12.5. The lowest BCUT2D eigenvalue weighted by molar-refractivity contribution is -0.138. The first kappa shape index (κ1) is 30.7. The summed E-state index contributed by atoms with van der Waals surface area (Å²) in [6.07, 6.45) is 4.32. The van der Waals surface area contributed by atoms with Crippen molar-refractivity contribution in [3.63, 3.8) is 0 Å². The average Bonchev–Trinajstić information content (AvgIpc) is 3.41. The van der Waals surface area contributed by atoms with E-state index in [1.165, 1.54) is 30.6 Å². The number of rotatable bonds is 8. The number of carboxylic acids is 1. The van der Waals surface area contributed by atoms with E-state index in [2.05, 4.69) is 10.3 Å². The second-order valence-corrected chi connectivity index (χ2v) is 12.3. The molecule has 0 saturated heterocycles. The molecule has 1 unspecified atom stereocenters. The first-order chi connectivity index (χ1) is 18.0. The number of allylic oxidation sites excluding steroid dienone is 1. The van der Waals surface area contributed by atoms with E-state index in [1.54, 1.807) is 11.6 Å². The van der Waals surface area contributed by atoms with Crippen molar-refractivity contribution in [3.05, 3.63) is 62.5 Å². The molecule has 14 heteroatoms. The molecule has 1 aliphatic heterocycles. The normalized spacial score (nSPS) is 21.6. The summed E-state index contributed by atoms with van der Waals surface area (Å²) in [4.78, 5) is 33.5. The predicted octanol–water partition coefficient (Wildman–Crippen LogP) is 3.99. The molecule has 39 heavy (non-hydrogen) atoms. The van der Waals surface area contributed by atoms with E-state index in [0.717, 1.165) is 16.6 Å². The molecule has 1 aromatic carbocycles. The van der Waals surface area contributed by atoms with E-state index in [-0.39, 0.29) is 23.9 Å². The van der Waals surface area contributed by atoms with Crippen molar-refractivity contribution in [1.82, 2.24) is 14.6 Å². The number of carboxylic acid groups (broad SMARTS) is 1. The molecule has 2 heterocycles. The van der Waals surface area contributed by atoms with Crippen LogP contribution in [0.5, 0.6) is 0 Å². The zero-order valence-electron chi connectivity index (χ0n) is 20.6. The Bertz CT molecular complexity index is 1390. The van der Waals surface area contributed by atoms with Crippen molar-refractivity contribution in [2.24, 2.45) is 10.9 Å². The maximum atomic E-state index is 13.8. The fourth-order valence-corrected chi connectivity index (χ4v) is 6.88. The molecule has 2 aliphatic rings. The fourth-order valence-electron chi connectivity index (χ4n) is 4.92. The molecule has 2 N–H and O–H groups in total. The molecule has 0 amide bonds. The molecule has 0 spiro atoms. The number of aliphatic carboxylic acids is 1. The summed E-state index contributed by atoms with van der Waals surface area (Å²) in [6.45, 7) is -0.617. The van der Waals surface area contributed by atoms with Gasteiger partial charge in [0.1, 0.15) is 18.4 Å². The van der Waals surface area contributed by atoms with Crippen LogP contribution in [0.1, 0.15) is 49.7 Å². The standard InChI is InChI=1S/C24H26ClFN4O6S2.CH4/c1-36-24(33)19-20(13-3-6-15(7-4-13)30(12-18(31)32)38(2,34)35)28-22(23-27-9-10-37-23)29-21(19)16-8-5-14(26)11-17(16)25;/h5,8-11,13,15,21H,3-4,6-7,12H2,1-2H3,(H,28,29)(H,31,32);1H4. The highest BCUT2D eigenvalue weighted by Crippen LogP contribution is 2.41. The van der Waals surface area contributed by atoms with Gasteiger partial charge in [0.25, 0.3) is 0 Å². The van der Waals surface area contributed by atoms with Gasteiger partial charge in [0, 0.05) is 33.9 Å². The number of benzene rings is 1. The molecule has 1 fully saturated rings. The third-order valence-corrected chi connectivity index (χ3v) is 8.99. The second-order valence-electron chi connectivity index (χ2n) is 9.03. The molecule has 4 rings (SSSR count). The van der Waals surface area contributed by atoms with Crippen LogP contribution in [-0.2, 0) is 24.3 Å². The third kappa shape index (κ3) is 6.83. The number of esters is 1. The maximum Gasteiger partial charge on any atom is 0.338 e. The van der Waals surface area contributed by atoms with Gasteiger partial charge in [-0.3, -0.25) is 9.79 Å². The predicted molar refractivity (Wildman–Crippen MR) is 147 cm³/mol. The van der Waals surface area contributed by atoms with Crippen molar-refractivity contribution < 1.29 is 32.2 Å². The minimum absolute atomic E-state index is 0. The van der Waals surface area contributed by atoms with Gasteiger partial charge >= 0.3 is 11.9 Å². The minimum atomic E-state index is -3.74. The summed E-state index contributed by atoms with van der Waals surface area (Å²) in [5.41, 5.74) is 1.18. The highest BCUT2D eigenvalue weighted by atomic mass is 35.5. The Labute approximate surface area is 235 Å². The Kier molecular flexibility index (Phi) is 9.86. The first-order valence-corrected chi connectivity index (χ1v) is 14.8. The highest BCUT2D eigenvalue weighted by Gasteiger charge is 2.39. The Morgan fingerprint density at radius 2 is 1.97 bits per heavy atom. The zero-order chi connectivity index (χ0) is 27.6. The molecule has 1 atom stereocenters. The Hall–Kier alpha value is -2.87. The van der Waals surface area contributed by atoms with Gasteiger partial charge in [-0.1, -0.05) is 25.1 Å². The molecule has 0 radical (unpaired) electrons. The number of carbonyl (C=O) groups is 2. The van der Waals surface area contributed by atoms with Crippen molar-refractivity contribution in [1.29, 1.82) is 0 Å². The van der Waals surface area contributed by atoms with Gasteiger partial charge in [-0.2, -0.15) is 4.31 Å². The van der Waals surface area contributed by atoms with Gasteiger partial charge in [-0.05, 0) is 43.7 Å². The van der Waals surface area contributed by atoms with Crippen molar-refractivity contribution in [3.8, 4) is 0 Å². The largest absolute Gasteiger partial charge is 0.480 e. The fraction of sp³-hybridized carbons (Fsp3) is 0.440. The van der Waals surface area contributed by atoms with Gasteiger partial charge in [0.2, 0.25) is 10.0 Å². The van der Waals surface area contributed by atoms with Crippen LogP contribution in [0.3, 0.4) is 0 Å². The van der Waals surface area contributed by atoms with E-state index in [1.807, 2.05) is 0 Å². The smallest absolute Gasteiger partial charge is 0.338 e. The number of halogens is 2. The monoisotopic (exact) mass is 600 g/mol. The van der Waals surface area contributed by atoms with Crippen LogP contribution < -0.4 is 5.32 Å². The van der Waals surface area contributed by atoms with Crippen molar-refractivity contribution in [2.75, 3.05) is 19.9 Å². The van der Waals surface area contributed by atoms with Crippen LogP contribution in [0.4, 0.5) is 4.39 Å². The van der Waals surface area contributed by atoms with Gasteiger partial charge in [0.05, 0.1) is 18.9 Å². The zero-order valence-corrected chi connectivity index (χ0v) is 22.9. The van der Waals surface area contributed by atoms with Gasteiger partial charge in [-0.25, -0.2) is 22.6 Å². The Balaban J connectivity index is 0.00000420. The number of nitrogens with one attached hydrogen (secondary N) is 1. The number of thiazole rings is 1. The van der Waals surface area contributed by atoms with Crippen LogP contribution in [0.15, 0.2) is 46.0 Å². The lowest BCUT2D eigenvalue weighted by Gasteiger charge is -2.37. The molecule has 1 saturated carbocycles. The summed E-state index contributed by atoms with van der Waals surface area (Å²) in [7, 11) is -2.49. The molecule has 2 aromatic rings. The SMILES string of the molecule is C.COC(=O)C1=C(C2CCC(N(CC(=O)O)S(C)(=O)=O)CC2)NC(c2nccs2)=NC1c1ccc(F)cc1Cl. The number of aromatic nitrogens is 1. The molecule has 1 aliphatic carbocycles. The maximum absolute atomic E-state index is 13.8. The number of nitrogens with zero attached hydrogens (tertiary/aromatic N) is 3. The summed E-state index contributed by atoms with van der Waals surface area (Å²) in [6, 6.07) is 2.48. The third-order valence-electron chi connectivity index (χ3n) is 6.60. The Morgan fingerprint density at radius 1 is 1.28 bits per heavy atom. The van der Waals surface area contributed by atoms with E-state index in [4.69, 9.17) is 21.3 Å². The van der Waals surface area contributed by atoms with Crippen LogP contribution >= 0.6 is 22.9 Å². The number of ether oxygens (including phenoxy) is 1. The number of amidine groups is 1. The molecule has 212 valence electrons. The minimum Gasteiger partial charge on any atom is -0.480 e. The summed E-state index contributed by atoms with van der Waals surface area (Å²) < 4.78 is 44.5. The summed E-state index contributed by atoms with van der Waals surface area (Å²) in [5, 5.41) is 14.9. The Morgan fingerprint density at radius 3 is 2.51 bits per heavy atom. The number of aliphatic imine (C=N–C) groups is 1. The van der Waals surface area contributed by atoms with Crippen molar-refractivity contribution in [2.45, 2.75) is 45.2 Å². The van der Waals surface area contributed by atoms with Crippen LogP contribution in [0.25, 0.3) is 0 Å².